The summed E-state index contributed by atoms with van der Waals surface area (Å²) in [6.45, 7) is 3.11. The highest BCUT2D eigenvalue weighted by molar-refractivity contribution is 14.1. The van der Waals surface area contributed by atoms with Crippen molar-refractivity contribution in [2.45, 2.75) is 6.42 Å². The van der Waals surface area contributed by atoms with E-state index in [1.807, 2.05) is 59.5 Å². The fraction of sp³-hybridized carbons (Fsp3) is 0.300. The number of carbonyl (C=O) groups is 2. The lowest BCUT2D eigenvalue weighted by Gasteiger charge is -2.22. The van der Waals surface area contributed by atoms with Gasteiger partial charge >= 0.3 is 6.03 Å². The minimum atomic E-state index is -0.0882. The molecule has 1 fully saturated rings. The lowest BCUT2D eigenvalue weighted by molar-refractivity contribution is -0.117. The highest BCUT2D eigenvalue weighted by atomic mass is 127. The first-order valence-electron chi connectivity index (χ1n) is 8.99. The number of halogens is 1. The van der Waals surface area contributed by atoms with Crippen molar-refractivity contribution in [1.29, 1.82) is 0 Å². The third-order valence-corrected chi connectivity index (χ3v) is 5.36. The predicted octanol–water partition coefficient (Wildman–Crippen LogP) is 3.47. The number of anilines is 2. The van der Waals surface area contributed by atoms with Crippen molar-refractivity contribution in [2.75, 3.05) is 43.4 Å². The Morgan fingerprint density at radius 2 is 1.63 bits per heavy atom. The molecule has 2 aromatic carbocycles. The molecular weight excluding hydrogens is 455 g/mol. The average molecular weight is 478 g/mol. The molecule has 3 rings (SSSR count). The monoisotopic (exact) mass is 478 g/mol. The Hall–Kier alpha value is -2.13. The molecule has 2 aromatic rings. The first-order valence-corrected chi connectivity index (χ1v) is 10.1. The molecule has 7 heteroatoms. The maximum Gasteiger partial charge on any atom is 0.321 e. The second kappa shape index (κ2) is 9.70. The predicted molar refractivity (Wildman–Crippen MR) is 116 cm³/mol. The van der Waals surface area contributed by atoms with Crippen LogP contribution in [0.4, 0.5) is 16.2 Å². The molecule has 0 aromatic heterocycles. The van der Waals surface area contributed by atoms with Gasteiger partial charge in [0.15, 0.2) is 0 Å². The van der Waals surface area contributed by atoms with Crippen LogP contribution in [0.3, 0.4) is 0 Å². The molecule has 0 atom stereocenters. The van der Waals surface area contributed by atoms with Crippen LogP contribution in [0, 0.1) is 3.57 Å². The van der Waals surface area contributed by atoms with Crippen LogP contribution in [0.5, 0.6) is 0 Å². The summed E-state index contributed by atoms with van der Waals surface area (Å²) in [7, 11) is 0. The van der Waals surface area contributed by atoms with Crippen molar-refractivity contribution in [1.82, 2.24) is 9.80 Å². The summed E-state index contributed by atoms with van der Waals surface area (Å²) in [6.07, 6.45) is 0.845. The summed E-state index contributed by atoms with van der Waals surface area (Å²) >= 11 is 2.21. The summed E-state index contributed by atoms with van der Waals surface area (Å²) in [5.74, 6) is -0.0297. The first-order chi connectivity index (χ1) is 13.1. The number of benzene rings is 2. The Bertz CT molecular complexity index is 785. The smallest absolute Gasteiger partial charge is 0.321 e. The minimum Gasteiger partial charge on any atom is -0.325 e. The number of carbonyl (C=O) groups excluding carboxylic acids is 2. The fourth-order valence-electron chi connectivity index (χ4n) is 3.01. The summed E-state index contributed by atoms with van der Waals surface area (Å²) in [6, 6.07) is 17.1. The molecule has 0 bridgehead atoms. The molecule has 1 aliphatic rings. The van der Waals surface area contributed by atoms with Crippen LogP contribution in [0.15, 0.2) is 54.6 Å². The van der Waals surface area contributed by atoms with Gasteiger partial charge in [-0.3, -0.25) is 9.69 Å². The average Bonchev–Trinajstić information content (AvgIpc) is 2.90. The van der Waals surface area contributed by atoms with Gasteiger partial charge < -0.3 is 15.5 Å². The van der Waals surface area contributed by atoms with Crippen LogP contribution in [-0.2, 0) is 4.79 Å². The number of hydrogen-bond acceptors (Lipinski definition) is 3. The summed E-state index contributed by atoms with van der Waals surface area (Å²) in [5, 5.41) is 5.89. The number of amides is 3. The van der Waals surface area contributed by atoms with Gasteiger partial charge in [0.25, 0.3) is 0 Å². The topological polar surface area (TPSA) is 64.7 Å². The van der Waals surface area contributed by atoms with Crippen LogP contribution in [0.1, 0.15) is 6.42 Å². The van der Waals surface area contributed by atoms with Crippen molar-refractivity contribution in [3.8, 4) is 0 Å². The Morgan fingerprint density at radius 1 is 0.889 bits per heavy atom. The zero-order chi connectivity index (χ0) is 19.1. The molecule has 0 aliphatic carbocycles. The Labute approximate surface area is 173 Å². The molecule has 1 saturated heterocycles. The lowest BCUT2D eigenvalue weighted by Crippen LogP contribution is -2.39. The van der Waals surface area contributed by atoms with Gasteiger partial charge in [-0.2, -0.15) is 0 Å². The highest BCUT2D eigenvalue weighted by Gasteiger charge is 2.21. The van der Waals surface area contributed by atoms with E-state index in [2.05, 4.69) is 38.1 Å². The van der Waals surface area contributed by atoms with Gasteiger partial charge in [-0.05, 0) is 53.3 Å². The van der Waals surface area contributed by atoms with Gasteiger partial charge in [-0.1, -0.05) is 30.3 Å². The molecule has 0 radical (unpaired) electrons. The summed E-state index contributed by atoms with van der Waals surface area (Å²) in [5.41, 5.74) is 1.63. The van der Waals surface area contributed by atoms with Gasteiger partial charge in [-0.25, -0.2) is 4.79 Å². The second-order valence-corrected chi connectivity index (χ2v) is 7.60. The molecule has 2 N–H and O–H groups in total. The van der Waals surface area contributed by atoms with Crippen molar-refractivity contribution in [3.05, 3.63) is 58.2 Å². The Balaban J connectivity index is 1.49. The number of para-hydroxylation sites is 2. The van der Waals surface area contributed by atoms with Gasteiger partial charge in [0, 0.05) is 35.4 Å². The van der Waals surface area contributed by atoms with Crippen LogP contribution in [0.2, 0.25) is 0 Å². The van der Waals surface area contributed by atoms with E-state index < -0.39 is 0 Å². The van der Waals surface area contributed by atoms with Crippen LogP contribution in [-0.4, -0.2) is 54.5 Å². The Morgan fingerprint density at radius 3 is 2.41 bits per heavy atom. The van der Waals surface area contributed by atoms with Crippen LogP contribution >= 0.6 is 22.6 Å². The van der Waals surface area contributed by atoms with Gasteiger partial charge in [0.05, 0.1) is 12.2 Å². The Kier molecular flexibility index (Phi) is 7.05. The second-order valence-electron chi connectivity index (χ2n) is 6.44. The van der Waals surface area contributed by atoms with Crippen molar-refractivity contribution < 1.29 is 9.59 Å². The molecule has 27 heavy (non-hydrogen) atoms. The zero-order valence-corrected chi connectivity index (χ0v) is 17.2. The molecule has 1 aliphatic heterocycles. The molecule has 142 valence electrons. The third kappa shape index (κ3) is 5.93. The number of nitrogens with one attached hydrogen (secondary N) is 2. The van der Waals surface area contributed by atoms with E-state index in [1.165, 1.54) is 0 Å². The number of hydrogen-bond donors (Lipinski definition) is 2. The van der Waals surface area contributed by atoms with E-state index >= 15 is 0 Å². The van der Waals surface area contributed by atoms with Crippen LogP contribution < -0.4 is 10.6 Å². The van der Waals surface area contributed by atoms with E-state index in [9.17, 15) is 9.59 Å². The number of nitrogens with zero attached hydrogens (tertiary/aromatic N) is 2. The van der Waals surface area contributed by atoms with E-state index in [4.69, 9.17) is 0 Å². The molecule has 1 heterocycles. The third-order valence-electron chi connectivity index (χ3n) is 4.42. The number of rotatable bonds is 4. The van der Waals surface area contributed by atoms with Gasteiger partial charge in [0.2, 0.25) is 5.91 Å². The van der Waals surface area contributed by atoms with Gasteiger partial charge in [-0.15, -0.1) is 0 Å². The molecule has 0 spiro atoms. The van der Waals surface area contributed by atoms with E-state index in [0.29, 0.717) is 26.2 Å². The largest absolute Gasteiger partial charge is 0.325 e. The SMILES string of the molecule is O=C(CN1CCCN(C(=O)Nc2ccccc2I)CC1)Nc1ccccc1. The number of urea groups is 1. The maximum absolute atomic E-state index is 12.6. The minimum absolute atomic E-state index is 0.0297. The van der Waals surface area contributed by atoms with Gasteiger partial charge in [0.1, 0.15) is 0 Å². The maximum atomic E-state index is 12.6. The van der Waals surface area contributed by atoms with Crippen molar-refractivity contribution in [3.63, 3.8) is 0 Å². The normalized spacial score (nSPS) is 15.1. The molecule has 0 unspecified atom stereocenters. The molecule has 6 nitrogen and oxygen atoms in total. The summed E-state index contributed by atoms with van der Waals surface area (Å²) in [4.78, 5) is 28.7. The molecule has 3 amide bonds. The standard InChI is InChI=1S/C20H23IN4O2/c21-17-9-4-5-10-18(17)23-20(27)25-12-6-11-24(13-14-25)15-19(26)22-16-7-2-1-3-8-16/h1-5,7-10H,6,11-15H2,(H,22,26)(H,23,27). The first kappa shape index (κ1) is 19.6. The fourth-order valence-corrected chi connectivity index (χ4v) is 3.54. The van der Waals surface area contributed by atoms with E-state index in [-0.39, 0.29) is 11.9 Å². The van der Waals surface area contributed by atoms with E-state index in [1.54, 1.807) is 0 Å². The highest BCUT2D eigenvalue weighted by Crippen LogP contribution is 2.18. The van der Waals surface area contributed by atoms with Crippen molar-refractivity contribution in [2.24, 2.45) is 0 Å². The quantitative estimate of drug-likeness (QED) is 0.662. The molecule has 0 saturated carbocycles. The molecular formula is C20H23IN4O2. The van der Waals surface area contributed by atoms with Crippen LogP contribution in [0.25, 0.3) is 0 Å². The van der Waals surface area contributed by atoms with Crippen molar-refractivity contribution >= 4 is 45.9 Å². The lowest BCUT2D eigenvalue weighted by atomic mass is 10.3. The zero-order valence-electron chi connectivity index (χ0n) is 15.0. The summed E-state index contributed by atoms with van der Waals surface area (Å²) < 4.78 is 1.01. The van der Waals surface area contributed by atoms with E-state index in [0.717, 1.165) is 27.9 Å².